The summed E-state index contributed by atoms with van der Waals surface area (Å²) in [6, 6.07) is 7.71. The first-order valence-corrected chi connectivity index (χ1v) is 11.0. The second-order valence-corrected chi connectivity index (χ2v) is 8.59. The van der Waals surface area contributed by atoms with E-state index >= 15 is 0 Å². The third kappa shape index (κ3) is 6.96. The molecule has 0 amide bonds. The van der Waals surface area contributed by atoms with E-state index in [-0.39, 0.29) is 17.1 Å². The van der Waals surface area contributed by atoms with E-state index < -0.39 is 11.6 Å². The van der Waals surface area contributed by atoms with Gasteiger partial charge in [0.05, 0.1) is 11.8 Å². The number of ether oxygens (including phenoxy) is 1. The Kier molecular flexibility index (Phi) is 7.79. The molecule has 3 rings (SSSR count). The number of hydrogen-bond donors (Lipinski definition) is 5. The number of aliphatic hydroxyl groups is 3. The third-order valence-electron chi connectivity index (χ3n) is 5.09. The number of rotatable bonds is 6. The van der Waals surface area contributed by atoms with Crippen molar-refractivity contribution in [3.63, 3.8) is 0 Å². The predicted octanol–water partition coefficient (Wildman–Crippen LogP) is 1.73. The lowest BCUT2D eigenvalue weighted by atomic mass is 10.1. The first-order valence-electron chi connectivity index (χ1n) is 11.0. The minimum absolute atomic E-state index is 0.0288. The molecule has 0 atom stereocenters. The molecule has 0 bridgehead atoms. The molecule has 7 N–H and O–H groups in total. The van der Waals surface area contributed by atoms with E-state index in [1.807, 2.05) is 5.01 Å². The lowest BCUT2D eigenvalue weighted by Gasteiger charge is -2.24. The highest BCUT2D eigenvalue weighted by molar-refractivity contribution is 6.09. The molecule has 180 valence electrons. The second-order valence-electron chi connectivity index (χ2n) is 8.59. The molecule has 0 aliphatic carbocycles. The Morgan fingerprint density at radius 2 is 1.91 bits per heavy atom. The zero-order valence-corrected chi connectivity index (χ0v) is 19.4. The Bertz CT molecular complexity index is 1120. The molecule has 0 unspecified atom stereocenters. The summed E-state index contributed by atoms with van der Waals surface area (Å²) in [6.45, 7) is 4.89. The van der Waals surface area contributed by atoms with Crippen molar-refractivity contribution < 1.29 is 20.1 Å². The Hall–Kier alpha value is -3.58. The summed E-state index contributed by atoms with van der Waals surface area (Å²) in [5, 5.41) is 37.6. The van der Waals surface area contributed by atoms with Crippen LogP contribution in [0.1, 0.15) is 49.8 Å². The summed E-state index contributed by atoms with van der Waals surface area (Å²) >= 11 is 0. The van der Waals surface area contributed by atoms with Gasteiger partial charge in [0.2, 0.25) is 0 Å². The number of hydrazone groups is 1. The van der Waals surface area contributed by atoms with Crippen LogP contribution in [-0.2, 0) is 5.97 Å². The van der Waals surface area contributed by atoms with Crippen LogP contribution in [0.15, 0.2) is 47.8 Å². The molecule has 1 aliphatic heterocycles. The van der Waals surface area contributed by atoms with E-state index in [0.29, 0.717) is 16.7 Å². The molecule has 1 saturated heterocycles. The highest BCUT2D eigenvalue weighted by Gasteiger charge is 2.30. The van der Waals surface area contributed by atoms with Crippen LogP contribution in [0.3, 0.4) is 0 Å². The molecule has 34 heavy (non-hydrogen) atoms. The van der Waals surface area contributed by atoms with Gasteiger partial charge >= 0.3 is 5.97 Å². The molecule has 1 aromatic carbocycles. The molecule has 0 radical (unpaired) electrons. The van der Waals surface area contributed by atoms with Crippen LogP contribution in [0.5, 0.6) is 5.75 Å². The van der Waals surface area contributed by atoms with Gasteiger partial charge in [0.1, 0.15) is 5.60 Å². The average molecular weight is 466 g/mol. The van der Waals surface area contributed by atoms with Crippen LogP contribution in [0, 0.1) is 11.8 Å². The molecule has 1 fully saturated rings. The second kappa shape index (κ2) is 10.6. The van der Waals surface area contributed by atoms with Crippen LogP contribution < -0.4 is 16.2 Å². The van der Waals surface area contributed by atoms with Gasteiger partial charge < -0.3 is 31.5 Å². The number of benzene rings is 1. The number of nitrogen functional groups attached to an aromatic ring is 1. The van der Waals surface area contributed by atoms with Gasteiger partial charge in [0.15, 0.2) is 11.6 Å². The highest BCUT2D eigenvalue weighted by Crippen LogP contribution is 2.30. The Labute approximate surface area is 199 Å². The summed E-state index contributed by atoms with van der Waals surface area (Å²) in [5.41, 5.74) is 12.2. The summed E-state index contributed by atoms with van der Waals surface area (Å²) in [4.78, 5) is 4.10. The fraction of sp³-hybridized carbons (Fsp3) is 0.360. The normalized spacial score (nSPS) is 15.2. The van der Waals surface area contributed by atoms with Gasteiger partial charge in [-0.2, -0.15) is 5.10 Å². The summed E-state index contributed by atoms with van der Waals surface area (Å²) < 4.78 is 5.45. The van der Waals surface area contributed by atoms with E-state index in [0.717, 1.165) is 25.9 Å². The van der Waals surface area contributed by atoms with Crippen LogP contribution >= 0.6 is 0 Å². The zero-order chi connectivity index (χ0) is 24.8. The van der Waals surface area contributed by atoms with Crippen molar-refractivity contribution in [2.24, 2.45) is 10.8 Å². The maximum Gasteiger partial charge on any atom is 0.351 e. The standard InChI is InChI=1S/C25H31N5O4/c1-24(2,31)10-9-18-7-6-8-21(13-18)25(32,33)34-22-14-19(16-28-23(22)27)20(15-26)17-29-30-11-4-3-5-12-30/h6-8,13-17,31-33H,3-5,11-12,26H2,1-2H3,(H2,27,28). The van der Waals surface area contributed by atoms with Crippen molar-refractivity contribution in [3.8, 4) is 17.6 Å². The van der Waals surface area contributed by atoms with Crippen LogP contribution in [-0.4, -0.2) is 50.2 Å². The third-order valence-corrected chi connectivity index (χ3v) is 5.09. The molecule has 9 heteroatoms. The van der Waals surface area contributed by atoms with Crippen molar-refractivity contribution in [3.05, 3.63) is 59.4 Å². The fourth-order valence-electron chi connectivity index (χ4n) is 3.28. The lowest BCUT2D eigenvalue weighted by molar-refractivity contribution is -0.303. The number of anilines is 1. The van der Waals surface area contributed by atoms with Gasteiger partial charge in [0, 0.05) is 42.2 Å². The van der Waals surface area contributed by atoms with Gasteiger partial charge in [-0.05, 0) is 57.4 Å². The average Bonchev–Trinajstić information content (AvgIpc) is 2.80. The number of pyridine rings is 1. The summed E-state index contributed by atoms with van der Waals surface area (Å²) in [7, 11) is 0. The minimum Gasteiger partial charge on any atom is -0.432 e. The van der Waals surface area contributed by atoms with Crippen LogP contribution in [0.4, 0.5) is 5.82 Å². The maximum absolute atomic E-state index is 10.7. The van der Waals surface area contributed by atoms with E-state index in [9.17, 15) is 15.3 Å². The number of hydrogen-bond acceptors (Lipinski definition) is 9. The monoisotopic (exact) mass is 465 g/mol. The number of nitrogens with two attached hydrogens (primary N) is 2. The first kappa shape index (κ1) is 25.1. The number of allylic oxidation sites excluding steroid dienone is 1. The summed E-state index contributed by atoms with van der Waals surface area (Å²) in [5.74, 6) is 2.68. The quantitative estimate of drug-likeness (QED) is 0.246. The molecule has 9 nitrogen and oxygen atoms in total. The largest absolute Gasteiger partial charge is 0.432 e. The van der Waals surface area contributed by atoms with Crippen molar-refractivity contribution in [1.29, 1.82) is 0 Å². The topological polar surface area (TPSA) is 150 Å². The molecule has 1 aliphatic rings. The minimum atomic E-state index is -2.71. The maximum atomic E-state index is 10.7. The van der Waals surface area contributed by atoms with Gasteiger partial charge in [-0.3, -0.25) is 5.01 Å². The van der Waals surface area contributed by atoms with Crippen molar-refractivity contribution in [1.82, 2.24) is 9.99 Å². The van der Waals surface area contributed by atoms with E-state index in [1.165, 1.54) is 37.0 Å². The molecule has 2 heterocycles. The predicted molar refractivity (Wildman–Crippen MR) is 131 cm³/mol. The molecule has 0 spiro atoms. The Balaban J connectivity index is 1.82. The first-order chi connectivity index (χ1) is 16.1. The van der Waals surface area contributed by atoms with Crippen LogP contribution in [0.25, 0.3) is 5.57 Å². The Morgan fingerprint density at radius 1 is 1.18 bits per heavy atom. The number of aromatic nitrogens is 1. The molecule has 1 aromatic heterocycles. The number of nitrogens with zero attached hydrogens (tertiary/aromatic N) is 3. The summed E-state index contributed by atoms with van der Waals surface area (Å²) in [6.07, 6.45) is 7.93. The zero-order valence-electron chi connectivity index (χ0n) is 19.4. The van der Waals surface area contributed by atoms with Gasteiger partial charge in [-0.25, -0.2) is 4.98 Å². The van der Waals surface area contributed by atoms with Gasteiger partial charge in [-0.15, -0.1) is 0 Å². The van der Waals surface area contributed by atoms with Crippen molar-refractivity contribution in [2.75, 3.05) is 18.8 Å². The molecule has 2 aromatic rings. The Morgan fingerprint density at radius 3 is 2.59 bits per heavy atom. The van der Waals surface area contributed by atoms with E-state index in [2.05, 4.69) is 21.9 Å². The van der Waals surface area contributed by atoms with E-state index in [1.54, 1.807) is 32.2 Å². The van der Waals surface area contributed by atoms with Gasteiger partial charge in [0.25, 0.3) is 0 Å². The smallest absolute Gasteiger partial charge is 0.351 e. The van der Waals surface area contributed by atoms with Gasteiger partial charge in [-0.1, -0.05) is 17.9 Å². The fourth-order valence-corrected chi connectivity index (χ4v) is 3.28. The van der Waals surface area contributed by atoms with E-state index in [4.69, 9.17) is 16.2 Å². The molecular formula is C25H31N5O4. The SMILES string of the molecule is CC(C)(O)C#Cc1cccc(C(O)(O)Oc2cc(C(C=NN3CCCCC3)=CN)cnc2N)c1. The molecule has 0 saturated carbocycles. The highest BCUT2D eigenvalue weighted by atomic mass is 16.8. The van der Waals surface area contributed by atoms with Crippen molar-refractivity contribution >= 4 is 17.6 Å². The molecular weight excluding hydrogens is 434 g/mol. The van der Waals surface area contributed by atoms with Crippen LogP contribution in [0.2, 0.25) is 0 Å². The van der Waals surface area contributed by atoms with Crippen molar-refractivity contribution in [2.45, 2.75) is 44.7 Å². The number of piperidine rings is 1. The lowest BCUT2D eigenvalue weighted by Crippen LogP contribution is -2.32.